The standard InChI is InChI=1S/C22H25ClN2O4/c1-14(2)16-6-10-19(11-7-16)25-21(27)15(3)29-20(26)12-13-24-22(28)17-4-8-18(23)9-5-17/h4-11,14-15H,12-13H2,1-3H3,(H,24,28)(H,25,27)/t15-/m1/s1. The number of benzene rings is 2. The Labute approximate surface area is 175 Å². The third kappa shape index (κ3) is 7.23. The second-order valence-electron chi connectivity index (χ2n) is 6.91. The van der Waals surface area contributed by atoms with Gasteiger partial charge in [0.25, 0.3) is 11.8 Å². The average molecular weight is 417 g/mol. The van der Waals surface area contributed by atoms with Crippen LogP contribution in [0.2, 0.25) is 5.02 Å². The Hall–Kier alpha value is -2.86. The molecule has 0 heterocycles. The zero-order valence-corrected chi connectivity index (χ0v) is 17.5. The molecule has 2 amide bonds. The summed E-state index contributed by atoms with van der Waals surface area (Å²) in [5.41, 5.74) is 2.25. The number of anilines is 1. The van der Waals surface area contributed by atoms with Gasteiger partial charge in [0.05, 0.1) is 6.42 Å². The predicted molar refractivity (Wildman–Crippen MR) is 113 cm³/mol. The normalized spacial score (nSPS) is 11.6. The zero-order chi connectivity index (χ0) is 21.4. The van der Waals surface area contributed by atoms with E-state index in [-0.39, 0.29) is 18.9 Å². The first-order valence-electron chi connectivity index (χ1n) is 9.40. The van der Waals surface area contributed by atoms with Gasteiger partial charge in [0.1, 0.15) is 0 Å². The van der Waals surface area contributed by atoms with Crippen molar-refractivity contribution in [2.75, 3.05) is 11.9 Å². The second-order valence-corrected chi connectivity index (χ2v) is 7.35. The van der Waals surface area contributed by atoms with Gasteiger partial charge in [0.2, 0.25) is 0 Å². The quantitative estimate of drug-likeness (QED) is 0.633. The van der Waals surface area contributed by atoms with Gasteiger partial charge in [-0.2, -0.15) is 0 Å². The Bertz CT molecular complexity index is 848. The number of halogens is 1. The summed E-state index contributed by atoms with van der Waals surface area (Å²) in [7, 11) is 0. The molecule has 0 aliphatic carbocycles. The third-order valence-electron chi connectivity index (χ3n) is 4.24. The molecule has 6 nitrogen and oxygen atoms in total. The maximum Gasteiger partial charge on any atom is 0.308 e. The fourth-order valence-electron chi connectivity index (χ4n) is 2.49. The molecular weight excluding hydrogens is 392 g/mol. The summed E-state index contributed by atoms with van der Waals surface area (Å²) in [5, 5.41) is 5.87. The lowest BCUT2D eigenvalue weighted by Gasteiger charge is -2.14. The SMILES string of the molecule is CC(C)c1ccc(NC(=O)[C@@H](C)OC(=O)CCNC(=O)c2ccc(Cl)cc2)cc1. The van der Waals surface area contributed by atoms with Crippen LogP contribution in [0.25, 0.3) is 0 Å². The topological polar surface area (TPSA) is 84.5 Å². The first kappa shape index (κ1) is 22.4. The fraction of sp³-hybridized carbons (Fsp3) is 0.318. The maximum absolute atomic E-state index is 12.2. The van der Waals surface area contributed by atoms with E-state index in [4.69, 9.17) is 16.3 Å². The molecule has 0 spiro atoms. The molecule has 0 saturated carbocycles. The van der Waals surface area contributed by atoms with Gasteiger partial charge in [-0.05, 0) is 54.8 Å². The van der Waals surface area contributed by atoms with Crippen molar-refractivity contribution < 1.29 is 19.1 Å². The Kier molecular flexibility index (Phi) is 8.21. The highest BCUT2D eigenvalue weighted by Gasteiger charge is 2.18. The van der Waals surface area contributed by atoms with E-state index in [1.165, 1.54) is 12.5 Å². The highest BCUT2D eigenvalue weighted by atomic mass is 35.5. The molecular formula is C22H25ClN2O4. The van der Waals surface area contributed by atoms with Crippen molar-refractivity contribution in [3.8, 4) is 0 Å². The number of ether oxygens (including phenoxy) is 1. The summed E-state index contributed by atoms with van der Waals surface area (Å²) in [6.45, 7) is 5.79. The lowest BCUT2D eigenvalue weighted by molar-refractivity contribution is -0.153. The van der Waals surface area contributed by atoms with Gasteiger partial charge in [-0.1, -0.05) is 37.6 Å². The lowest BCUT2D eigenvalue weighted by atomic mass is 10.0. The Morgan fingerprint density at radius 1 is 0.966 bits per heavy atom. The van der Waals surface area contributed by atoms with E-state index in [0.717, 1.165) is 0 Å². The van der Waals surface area contributed by atoms with Gasteiger partial charge in [-0.25, -0.2) is 0 Å². The van der Waals surface area contributed by atoms with Crippen LogP contribution in [-0.4, -0.2) is 30.4 Å². The average Bonchev–Trinajstić information content (AvgIpc) is 2.68. The summed E-state index contributed by atoms with van der Waals surface area (Å²) in [5.74, 6) is -0.898. The van der Waals surface area contributed by atoms with Crippen LogP contribution >= 0.6 is 11.6 Å². The van der Waals surface area contributed by atoms with Crippen LogP contribution in [0.15, 0.2) is 48.5 Å². The molecule has 0 saturated heterocycles. The van der Waals surface area contributed by atoms with Crippen molar-refractivity contribution in [1.29, 1.82) is 0 Å². The van der Waals surface area contributed by atoms with Gasteiger partial charge in [0, 0.05) is 22.8 Å². The number of esters is 1. The largest absolute Gasteiger partial charge is 0.452 e. The number of hydrogen-bond donors (Lipinski definition) is 2. The van der Waals surface area contributed by atoms with E-state index in [1.807, 2.05) is 24.3 Å². The van der Waals surface area contributed by atoms with Gasteiger partial charge in [-0.3, -0.25) is 14.4 Å². The van der Waals surface area contributed by atoms with Gasteiger partial charge in [-0.15, -0.1) is 0 Å². The molecule has 0 aliphatic rings. The summed E-state index contributed by atoms with van der Waals surface area (Å²) >= 11 is 5.78. The molecule has 0 radical (unpaired) electrons. The number of hydrogen-bond acceptors (Lipinski definition) is 4. The third-order valence-corrected chi connectivity index (χ3v) is 4.50. The van der Waals surface area contributed by atoms with Crippen molar-refractivity contribution in [3.63, 3.8) is 0 Å². The fourth-order valence-corrected chi connectivity index (χ4v) is 2.61. The van der Waals surface area contributed by atoms with Gasteiger partial charge >= 0.3 is 5.97 Å². The molecule has 1 atom stereocenters. The van der Waals surface area contributed by atoms with E-state index in [1.54, 1.807) is 24.3 Å². The minimum Gasteiger partial charge on any atom is -0.452 e. The molecule has 154 valence electrons. The van der Waals surface area contributed by atoms with E-state index in [9.17, 15) is 14.4 Å². The molecule has 0 bridgehead atoms. The van der Waals surface area contributed by atoms with Crippen molar-refractivity contribution in [1.82, 2.24) is 5.32 Å². The molecule has 0 unspecified atom stereocenters. The molecule has 2 aromatic rings. The minimum atomic E-state index is -0.945. The lowest BCUT2D eigenvalue weighted by Crippen LogP contribution is -2.32. The monoisotopic (exact) mass is 416 g/mol. The molecule has 2 rings (SSSR count). The summed E-state index contributed by atoms with van der Waals surface area (Å²) in [6, 6.07) is 13.9. The number of amides is 2. The summed E-state index contributed by atoms with van der Waals surface area (Å²) in [6.07, 6.45) is -0.987. The van der Waals surface area contributed by atoms with Crippen molar-refractivity contribution in [3.05, 3.63) is 64.7 Å². The molecule has 7 heteroatoms. The number of nitrogens with one attached hydrogen (secondary N) is 2. The smallest absolute Gasteiger partial charge is 0.308 e. The maximum atomic E-state index is 12.2. The van der Waals surface area contributed by atoms with Gasteiger partial charge in [0.15, 0.2) is 6.10 Å². The molecule has 29 heavy (non-hydrogen) atoms. The first-order chi connectivity index (χ1) is 13.8. The van der Waals surface area contributed by atoms with E-state index < -0.39 is 18.0 Å². The molecule has 0 fully saturated rings. The Balaban J connectivity index is 1.74. The highest BCUT2D eigenvalue weighted by Crippen LogP contribution is 2.17. The second kappa shape index (κ2) is 10.6. The highest BCUT2D eigenvalue weighted by molar-refractivity contribution is 6.30. The minimum absolute atomic E-state index is 0.0416. The van der Waals surface area contributed by atoms with Crippen LogP contribution in [-0.2, 0) is 14.3 Å². The van der Waals surface area contributed by atoms with Crippen LogP contribution in [0.5, 0.6) is 0 Å². The van der Waals surface area contributed by atoms with E-state index >= 15 is 0 Å². The summed E-state index contributed by atoms with van der Waals surface area (Å²) < 4.78 is 5.13. The number of carbonyl (C=O) groups is 3. The molecule has 0 aliphatic heterocycles. The Morgan fingerprint density at radius 3 is 2.17 bits per heavy atom. The van der Waals surface area contributed by atoms with Crippen LogP contribution in [0.1, 0.15) is 49.0 Å². The van der Waals surface area contributed by atoms with Crippen LogP contribution < -0.4 is 10.6 Å². The Morgan fingerprint density at radius 2 is 1.59 bits per heavy atom. The molecule has 2 N–H and O–H groups in total. The predicted octanol–water partition coefficient (Wildman–Crippen LogP) is 4.15. The number of rotatable bonds is 8. The first-order valence-corrected chi connectivity index (χ1v) is 9.78. The molecule has 2 aromatic carbocycles. The van der Waals surface area contributed by atoms with Crippen molar-refractivity contribution in [2.45, 2.75) is 39.2 Å². The van der Waals surface area contributed by atoms with Crippen LogP contribution in [0.3, 0.4) is 0 Å². The van der Waals surface area contributed by atoms with E-state index in [0.29, 0.717) is 22.2 Å². The van der Waals surface area contributed by atoms with Crippen LogP contribution in [0, 0.1) is 0 Å². The van der Waals surface area contributed by atoms with Crippen LogP contribution in [0.4, 0.5) is 5.69 Å². The van der Waals surface area contributed by atoms with E-state index in [2.05, 4.69) is 24.5 Å². The van der Waals surface area contributed by atoms with Gasteiger partial charge < -0.3 is 15.4 Å². The summed E-state index contributed by atoms with van der Waals surface area (Å²) in [4.78, 5) is 36.1. The van der Waals surface area contributed by atoms with Crippen molar-refractivity contribution >= 4 is 35.1 Å². The zero-order valence-electron chi connectivity index (χ0n) is 16.7. The van der Waals surface area contributed by atoms with Crippen molar-refractivity contribution in [2.24, 2.45) is 0 Å². The number of carbonyl (C=O) groups excluding carboxylic acids is 3. The molecule has 0 aromatic heterocycles.